The minimum absolute atomic E-state index is 0.985. The first kappa shape index (κ1) is 14.2. The lowest BCUT2D eigenvalue weighted by molar-refractivity contribution is 0.651. The van der Waals surface area contributed by atoms with Gasteiger partial charge in [0.2, 0.25) is 0 Å². The van der Waals surface area contributed by atoms with Crippen LogP contribution in [-0.4, -0.2) is 0 Å². The number of hydrogen-bond acceptors (Lipinski definition) is 0. The summed E-state index contributed by atoms with van der Waals surface area (Å²) < 4.78 is 0. The van der Waals surface area contributed by atoms with Crippen molar-refractivity contribution in [1.29, 1.82) is 0 Å². The van der Waals surface area contributed by atoms with E-state index in [0.717, 1.165) is 19.3 Å². The van der Waals surface area contributed by atoms with Crippen LogP contribution >= 0.6 is 0 Å². The highest BCUT2D eigenvalue weighted by atomic mass is 13.9. The van der Waals surface area contributed by atoms with Gasteiger partial charge in [0.1, 0.15) is 0 Å². The lowest BCUT2D eigenvalue weighted by atomic mass is 10.1. The van der Waals surface area contributed by atoms with Crippen LogP contribution in [0.3, 0.4) is 0 Å². The molecule has 85 valence electrons. The highest BCUT2D eigenvalue weighted by Crippen LogP contribution is 2.05. The maximum Gasteiger partial charge on any atom is -0.0169 e. The molecule has 0 N–H and O–H groups in total. The smallest absolute Gasteiger partial charge is 0.0169 e. The molecule has 0 unspecified atom stereocenters. The Morgan fingerprint density at radius 1 is 0.733 bits per heavy atom. The lowest BCUT2D eigenvalue weighted by Gasteiger charge is -1.95. The Morgan fingerprint density at radius 3 is 2.13 bits per heavy atom. The van der Waals surface area contributed by atoms with E-state index in [2.05, 4.69) is 37.8 Å². The standard InChI is InChI=1S/C15H25/c1-3-5-7-9-11-13-15-14-12-10-8-6-4-2/h3,7,9,13,15H,1-2,4-6,8,10-12,14H2/b9-7+,15-13+. The molecular weight excluding hydrogens is 180 g/mol. The normalized spacial score (nSPS) is 11.5. The molecule has 0 saturated heterocycles. The zero-order valence-corrected chi connectivity index (χ0v) is 9.96. The van der Waals surface area contributed by atoms with Crippen molar-refractivity contribution in [3.63, 3.8) is 0 Å². The topological polar surface area (TPSA) is 0 Å². The summed E-state index contributed by atoms with van der Waals surface area (Å²) in [6.45, 7) is 7.51. The van der Waals surface area contributed by atoms with Crippen molar-refractivity contribution >= 4 is 0 Å². The second-order valence-corrected chi connectivity index (χ2v) is 3.76. The molecule has 0 aromatic carbocycles. The molecular formula is C15H25. The fourth-order valence-corrected chi connectivity index (χ4v) is 1.37. The van der Waals surface area contributed by atoms with Gasteiger partial charge in [0.25, 0.3) is 0 Å². The fourth-order valence-electron chi connectivity index (χ4n) is 1.37. The van der Waals surface area contributed by atoms with Crippen LogP contribution in [0.2, 0.25) is 0 Å². The summed E-state index contributed by atoms with van der Waals surface area (Å²) in [5.74, 6) is 0. The predicted octanol–water partition coefficient (Wildman–Crippen LogP) is 5.24. The Bertz CT molecular complexity index is 174. The Kier molecular flexibility index (Phi) is 12.5. The van der Waals surface area contributed by atoms with Crippen LogP contribution < -0.4 is 0 Å². The molecule has 0 heterocycles. The van der Waals surface area contributed by atoms with Crippen LogP contribution in [0, 0.1) is 6.92 Å². The molecule has 0 aliphatic heterocycles. The SMILES string of the molecule is [CH2]CCCCCC/C=C/C/C=C/CC=C. The van der Waals surface area contributed by atoms with Gasteiger partial charge in [-0.05, 0) is 25.7 Å². The van der Waals surface area contributed by atoms with Crippen LogP contribution in [0.15, 0.2) is 37.0 Å². The second-order valence-electron chi connectivity index (χ2n) is 3.76. The van der Waals surface area contributed by atoms with Gasteiger partial charge in [-0.1, -0.05) is 63.0 Å². The van der Waals surface area contributed by atoms with Crippen molar-refractivity contribution in [3.05, 3.63) is 43.9 Å². The van der Waals surface area contributed by atoms with E-state index in [4.69, 9.17) is 0 Å². The van der Waals surface area contributed by atoms with Crippen LogP contribution in [-0.2, 0) is 0 Å². The number of unbranched alkanes of at least 4 members (excludes halogenated alkanes) is 5. The Hall–Kier alpha value is -0.780. The first-order chi connectivity index (χ1) is 7.41. The van der Waals surface area contributed by atoms with Crippen molar-refractivity contribution in [3.8, 4) is 0 Å². The van der Waals surface area contributed by atoms with E-state index >= 15 is 0 Å². The summed E-state index contributed by atoms with van der Waals surface area (Å²) >= 11 is 0. The zero-order valence-electron chi connectivity index (χ0n) is 9.96. The minimum atomic E-state index is 0.985. The number of allylic oxidation sites excluding steroid dienone is 5. The van der Waals surface area contributed by atoms with Gasteiger partial charge in [0, 0.05) is 0 Å². The van der Waals surface area contributed by atoms with E-state index in [1.54, 1.807) is 0 Å². The summed E-state index contributed by atoms with van der Waals surface area (Å²) in [5, 5.41) is 0. The molecule has 0 aromatic rings. The Balaban J connectivity index is 3.13. The van der Waals surface area contributed by atoms with Gasteiger partial charge in [-0.25, -0.2) is 0 Å². The monoisotopic (exact) mass is 205 g/mol. The van der Waals surface area contributed by atoms with Crippen LogP contribution in [0.1, 0.15) is 51.4 Å². The first-order valence-corrected chi connectivity index (χ1v) is 6.12. The maximum atomic E-state index is 3.84. The molecule has 1 radical (unpaired) electrons. The van der Waals surface area contributed by atoms with Gasteiger partial charge in [-0.15, -0.1) is 6.58 Å². The van der Waals surface area contributed by atoms with Crippen LogP contribution in [0.5, 0.6) is 0 Å². The summed E-state index contributed by atoms with van der Waals surface area (Å²) in [6.07, 6.45) is 20.5. The molecule has 0 amide bonds. The number of hydrogen-bond donors (Lipinski definition) is 0. The summed E-state index contributed by atoms with van der Waals surface area (Å²) in [4.78, 5) is 0. The largest absolute Gasteiger partial charge is 0.103 e. The molecule has 0 rings (SSSR count). The highest BCUT2D eigenvalue weighted by molar-refractivity contribution is 4.95. The minimum Gasteiger partial charge on any atom is -0.103 e. The molecule has 0 aliphatic rings. The van der Waals surface area contributed by atoms with Gasteiger partial charge in [-0.2, -0.15) is 0 Å². The van der Waals surface area contributed by atoms with E-state index in [1.807, 2.05) is 6.08 Å². The van der Waals surface area contributed by atoms with Crippen molar-refractivity contribution in [1.82, 2.24) is 0 Å². The van der Waals surface area contributed by atoms with Crippen LogP contribution in [0.4, 0.5) is 0 Å². The molecule has 0 nitrogen and oxygen atoms in total. The quantitative estimate of drug-likeness (QED) is 0.338. The van der Waals surface area contributed by atoms with Gasteiger partial charge >= 0.3 is 0 Å². The second kappa shape index (κ2) is 13.2. The molecule has 0 aromatic heterocycles. The summed E-state index contributed by atoms with van der Waals surface area (Å²) in [7, 11) is 0. The van der Waals surface area contributed by atoms with Crippen molar-refractivity contribution in [2.45, 2.75) is 51.4 Å². The Labute approximate surface area is 95.8 Å². The molecule has 0 spiro atoms. The average molecular weight is 205 g/mol. The predicted molar refractivity (Wildman–Crippen MR) is 70.8 cm³/mol. The average Bonchev–Trinajstić information content (AvgIpc) is 2.26. The molecule has 0 heteroatoms. The summed E-state index contributed by atoms with van der Waals surface area (Å²) in [6, 6.07) is 0. The molecule has 0 saturated carbocycles. The lowest BCUT2D eigenvalue weighted by Crippen LogP contribution is -1.75. The van der Waals surface area contributed by atoms with Gasteiger partial charge in [0.15, 0.2) is 0 Å². The van der Waals surface area contributed by atoms with Gasteiger partial charge < -0.3 is 0 Å². The molecule has 15 heavy (non-hydrogen) atoms. The zero-order chi connectivity index (χ0) is 11.2. The molecule has 0 atom stereocenters. The highest BCUT2D eigenvalue weighted by Gasteiger charge is 1.85. The van der Waals surface area contributed by atoms with E-state index in [1.165, 1.54) is 32.1 Å². The number of rotatable bonds is 10. The van der Waals surface area contributed by atoms with Gasteiger partial charge in [0.05, 0.1) is 0 Å². The van der Waals surface area contributed by atoms with E-state index in [9.17, 15) is 0 Å². The van der Waals surface area contributed by atoms with E-state index in [-0.39, 0.29) is 0 Å². The summed E-state index contributed by atoms with van der Waals surface area (Å²) in [5.41, 5.74) is 0. The third-order valence-electron chi connectivity index (χ3n) is 2.28. The molecule has 0 bridgehead atoms. The molecule has 0 fully saturated rings. The third kappa shape index (κ3) is 13.2. The van der Waals surface area contributed by atoms with E-state index in [0.29, 0.717) is 0 Å². The maximum absolute atomic E-state index is 3.84. The van der Waals surface area contributed by atoms with E-state index < -0.39 is 0 Å². The van der Waals surface area contributed by atoms with Gasteiger partial charge in [-0.3, -0.25) is 0 Å². The van der Waals surface area contributed by atoms with Crippen molar-refractivity contribution < 1.29 is 0 Å². The third-order valence-corrected chi connectivity index (χ3v) is 2.28. The first-order valence-electron chi connectivity index (χ1n) is 6.12. The molecule has 0 aliphatic carbocycles. The Morgan fingerprint density at radius 2 is 1.40 bits per heavy atom. The van der Waals surface area contributed by atoms with Crippen molar-refractivity contribution in [2.75, 3.05) is 0 Å². The van der Waals surface area contributed by atoms with Crippen molar-refractivity contribution in [2.24, 2.45) is 0 Å². The fraction of sp³-hybridized carbons (Fsp3) is 0.533. The van der Waals surface area contributed by atoms with Crippen LogP contribution in [0.25, 0.3) is 0 Å².